The Kier molecular flexibility index (Phi) is 20.6. The number of rotatable bonds is 6. The van der Waals surface area contributed by atoms with Gasteiger partial charge in [0.15, 0.2) is 33.8 Å². The highest BCUT2D eigenvalue weighted by Crippen LogP contribution is 2.48. The zero-order valence-corrected chi connectivity index (χ0v) is 67.9. The number of thiazole rings is 1. The van der Waals surface area contributed by atoms with Crippen LogP contribution in [0.4, 0.5) is 66.3 Å². The molecule has 5 saturated heterocycles. The second kappa shape index (κ2) is 30.3. The number of amidine groups is 5. The first kappa shape index (κ1) is 80.1. The number of hydrogen-bond donors (Lipinski definition) is 5. The summed E-state index contributed by atoms with van der Waals surface area (Å²) in [6.45, 7) is 15.8. The molecular weight excluding hydrogens is 1590 g/mol. The van der Waals surface area contributed by atoms with Gasteiger partial charge in [0.1, 0.15) is 34.2 Å². The number of nitro groups is 1. The van der Waals surface area contributed by atoms with E-state index in [0.29, 0.717) is 147 Å². The van der Waals surface area contributed by atoms with E-state index >= 15 is 0 Å². The lowest BCUT2D eigenvalue weighted by molar-refractivity contribution is -0.384. The minimum absolute atomic E-state index is 0.0133. The molecule has 0 radical (unpaired) electrons. The van der Waals surface area contributed by atoms with Crippen molar-refractivity contribution < 1.29 is 58.8 Å². The fourth-order valence-electron chi connectivity index (χ4n) is 16.2. The van der Waals surface area contributed by atoms with Crippen LogP contribution in [0.2, 0.25) is 15.1 Å². The number of carbonyl (C=O) groups is 5. The molecule has 20 rings (SSSR count). The fourth-order valence-corrected chi connectivity index (χ4v) is 17.5. The number of halogens is 4. The number of aliphatic imine (C=N–C) groups is 5. The SMILES string of the molecule is Cc1cc2c(cc1Cl)C(=O)[C@]1(O)CCN(c3ccccc3)C1=N2.Cc1ccc(N2CC[C@@]3(O)C(=O)c4cc(C)c(C)cc4N=C23)cc1.Cc1ccc2c(c1)C(=O)[C@]1(O)CCN(c3ccc([N+](=O)[O-])cc3)C1=N2.Cc1ncc(N2CC[C@@]3(O)C(=O)c4cc(F)c(C)cc4N=C23)s1.O=C1c2cc(Cl)c(Cl)cc2N=C2N(c3ccccc3)CC[C@@]12O. The van der Waals surface area contributed by atoms with Gasteiger partial charge >= 0.3 is 0 Å². The summed E-state index contributed by atoms with van der Waals surface area (Å²) in [6, 6.07) is 51.6. The summed E-state index contributed by atoms with van der Waals surface area (Å²) in [5.74, 6) is -0.442. The highest BCUT2D eigenvalue weighted by Gasteiger charge is 2.58. The van der Waals surface area contributed by atoms with Crippen molar-refractivity contribution in [2.45, 2.75) is 109 Å². The van der Waals surface area contributed by atoms with Crippen LogP contribution in [-0.4, -0.2) is 154 Å². The Morgan fingerprint density at radius 1 is 0.381 bits per heavy atom. The molecule has 0 amide bonds. The lowest BCUT2D eigenvalue weighted by atomic mass is 9.86. The summed E-state index contributed by atoms with van der Waals surface area (Å²) in [6.07, 6.45) is 3.16. The van der Waals surface area contributed by atoms with Crippen molar-refractivity contribution in [3.8, 4) is 0 Å². The topological polar surface area (TPSA) is 321 Å². The number of Topliss-reactive ketones (excluding diaryl/α,β-unsaturated/α-hetero) is 5. The van der Waals surface area contributed by atoms with Crippen molar-refractivity contribution in [1.82, 2.24) is 4.98 Å². The number of carbonyl (C=O) groups excluding carboxylic acids is 5. The van der Waals surface area contributed by atoms with E-state index in [-0.39, 0.29) is 58.1 Å². The molecule has 0 aliphatic carbocycles. The maximum atomic E-state index is 13.8. The summed E-state index contributed by atoms with van der Waals surface area (Å²) >= 11 is 19.6. The van der Waals surface area contributed by atoms with Crippen LogP contribution in [0, 0.1) is 64.4 Å². The number of aliphatic hydroxyl groups is 5. The van der Waals surface area contributed by atoms with Crippen molar-refractivity contribution in [2.75, 3.05) is 57.2 Å². The second-order valence-corrected chi connectivity index (χ2v) is 33.1. The van der Waals surface area contributed by atoms with E-state index in [2.05, 4.69) is 29.9 Å². The van der Waals surface area contributed by atoms with Gasteiger partial charge in [-0.2, -0.15) is 0 Å². The van der Waals surface area contributed by atoms with E-state index in [1.165, 1.54) is 41.2 Å². The molecule has 29 heteroatoms. The lowest BCUT2D eigenvalue weighted by Crippen LogP contribution is -2.48. The molecule has 0 bridgehead atoms. The number of nitro benzene ring substituents is 1. The highest BCUT2D eigenvalue weighted by molar-refractivity contribution is 7.15. The van der Waals surface area contributed by atoms with E-state index in [0.717, 1.165) is 49.3 Å². The zero-order valence-electron chi connectivity index (χ0n) is 64.8. The van der Waals surface area contributed by atoms with Crippen LogP contribution in [0.5, 0.6) is 0 Å². The van der Waals surface area contributed by atoms with Gasteiger partial charge in [0.05, 0.1) is 54.6 Å². The van der Waals surface area contributed by atoms with E-state index in [1.807, 2.05) is 164 Å². The molecule has 0 unspecified atom stereocenters. The summed E-state index contributed by atoms with van der Waals surface area (Å²) in [7, 11) is 0. The number of ketones is 5. The molecule has 24 nitrogen and oxygen atoms in total. The van der Waals surface area contributed by atoms with Gasteiger partial charge in [0, 0.05) is 133 Å². The first-order valence-corrected chi connectivity index (χ1v) is 40.0. The van der Waals surface area contributed by atoms with E-state index in [1.54, 1.807) is 66.6 Å². The molecule has 10 aromatic rings. The van der Waals surface area contributed by atoms with Gasteiger partial charge in [-0.1, -0.05) is 101 Å². The molecule has 10 aliphatic rings. The molecule has 10 aliphatic heterocycles. The van der Waals surface area contributed by atoms with Crippen LogP contribution >= 0.6 is 46.1 Å². The van der Waals surface area contributed by atoms with Crippen LogP contribution in [-0.2, 0) is 0 Å². The van der Waals surface area contributed by atoms with Gasteiger partial charge in [-0.15, -0.1) is 11.3 Å². The van der Waals surface area contributed by atoms with Crippen LogP contribution in [0.25, 0.3) is 0 Å². The average Bonchev–Trinajstić information content (AvgIpc) is 1.55. The number of anilines is 5. The zero-order chi connectivity index (χ0) is 83.6. The van der Waals surface area contributed by atoms with Gasteiger partial charge in [0.2, 0.25) is 28.9 Å². The number of aromatic nitrogens is 1. The predicted molar refractivity (Wildman–Crippen MR) is 457 cm³/mol. The quantitative estimate of drug-likeness (QED) is 0.0763. The number of benzene rings is 9. The second-order valence-electron chi connectivity index (χ2n) is 30.6. The maximum absolute atomic E-state index is 13.8. The van der Waals surface area contributed by atoms with Crippen LogP contribution in [0.3, 0.4) is 0 Å². The van der Waals surface area contributed by atoms with Gasteiger partial charge < -0.3 is 50.0 Å². The molecule has 5 N–H and O–H groups in total. The molecule has 598 valence electrons. The predicted octanol–water partition coefficient (Wildman–Crippen LogP) is 16.4. The summed E-state index contributed by atoms with van der Waals surface area (Å²) in [4.78, 5) is 111. The third-order valence-corrected chi connectivity index (χ3v) is 25.0. The largest absolute Gasteiger partial charge is 0.374 e. The molecule has 0 spiro atoms. The normalized spacial score (nSPS) is 22.4. The molecular formula is C89H76Cl3FN12O12S. The summed E-state index contributed by atoms with van der Waals surface area (Å²) in [5.41, 5.74) is 5.27. The van der Waals surface area contributed by atoms with Crippen molar-refractivity contribution in [3.05, 3.63) is 279 Å². The van der Waals surface area contributed by atoms with Gasteiger partial charge in [-0.25, -0.2) is 34.3 Å². The molecule has 118 heavy (non-hydrogen) atoms. The minimum Gasteiger partial charge on any atom is -0.374 e. The van der Waals surface area contributed by atoms with E-state index < -0.39 is 44.5 Å². The monoisotopic (exact) mass is 1660 g/mol. The Bertz CT molecular complexity index is 5960. The third kappa shape index (κ3) is 13.8. The van der Waals surface area contributed by atoms with Crippen molar-refractivity contribution in [1.29, 1.82) is 0 Å². The molecule has 11 heterocycles. The Hall–Kier alpha value is -11.7. The summed E-state index contributed by atoms with van der Waals surface area (Å²) < 4.78 is 13.8. The minimum atomic E-state index is -1.69. The third-order valence-electron chi connectivity index (χ3n) is 22.9. The Labute approximate surface area is 695 Å². The molecule has 5 atom stereocenters. The maximum Gasteiger partial charge on any atom is 0.269 e. The van der Waals surface area contributed by atoms with Gasteiger partial charge in [0.25, 0.3) is 5.69 Å². The van der Waals surface area contributed by atoms with E-state index in [4.69, 9.17) is 34.8 Å². The number of nitrogens with zero attached hydrogens (tertiary/aromatic N) is 12. The number of non-ortho nitro benzene ring substituents is 1. The number of aryl methyl sites for hydroxylation is 7. The van der Waals surface area contributed by atoms with Gasteiger partial charge in [-0.3, -0.25) is 34.1 Å². The van der Waals surface area contributed by atoms with Crippen LogP contribution < -0.4 is 24.5 Å². The van der Waals surface area contributed by atoms with Crippen molar-refractivity contribution in [2.24, 2.45) is 25.0 Å². The first-order chi connectivity index (χ1) is 56.2. The summed E-state index contributed by atoms with van der Waals surface area (Å²) in [5, 5.41) is 68.4. The Balaban J connectivity index is 0.000000110. The Morgan fingerprint density at radius 2 is 0.720 bits per heavy atom. The standard InChI is InChI=1S/C20H20N2O2.C18H15ClN2O2.C18H15N3O4.C17H12Cl2N2O2.C16H14FN3O2S/c1-12-4-6-15(7-5-12)22-9-8-20(24)18(23)16-10-13(2)14(3)11-17(16)21-19(20)22;1-11-9-15-13(10-14(11)19)16(22)18(23)7-8-21(17(18)20-15)12-5-3-2-4-6-12;1-11-2-7-15-14(10-11)16(22)18(23)8-9-20(17(18)19-15)12-3-5-13(6-4-12)21(24)25;18-12-8-11-14(9-13(12)19)20-16-17(23,15(11)22)6-7-21(16)10-4-2-1-3-5-10;1-8-5-12-10(6-11(8)17)14(21)16(22)3-4-20(15(16)19-12)13-7-18-9(2)23-13/h4-7,10-11,24H,8-9H2,1-3H3;2-6,9-10,23H,7-8H2,1H3;2-7,10,23H,8-9H2,1H3;1-5,8-9,23H,6-7H2;5-7,22H,3-4H2,1-2H3/t20-;2*18-;17-;16-/m11111/s1. The number of fused-ring (bicyclic) bond motifs is 10. The molecule has 9 aromatic carbocycles. The Morgan fingerprint density at radius 3 is 1.16 bits per heavy atom. The van der Waals surface area contributed by atoms with E-state index in [9.17, 15) is 64.0 Å². The molecule has 1 aromatic heterocycles. The van der Waals surface area contributed by atoms with Crippen LogP contribution in [0.15, 0.2) is 207 Å². The van der Waals surface area contributed by atoms with Crippen molar-refractivity contribution in [3.63, 3.8) is 0 Å². The van der Waals surface area contributed by atoms with Gasteiger partial charge in [-0.05, 0) is 180 Å². The highest BCUT2D eigenvalue weighted by atomic mass is 35.5. The fraction of sp³-hybridized carbons (Fsp3) is 0.247. The van der Waals surface area contributed by atoms with Crippen LogP contribution in [0.1, 0.15) is 122 Å². The number of para-hydroxylation sites is 2. The first-order valence-electron chi connectivity index (χ1n) is 38.1. The number of hydrogen-bond acceptors (Lipinski definition) is 24. The molecule has 0 saturated carbocycles. The molecule has 5 fully saturated rings. The average molecular weight is 1660 g/mol. The van der Waals surface area contributed by atoms with Crippen molar-refractivity contribution >= 4 is 166 Å². The smallest absolute Gasteiger partial charge is 0.269 e. The lowest BCUT2D eigenvalue weighted by Gasteiger charge is -2.30.